The van der Waals surface area contributed by atoms with Gasteiger partial charge in [-0.05, 0) is 72.9 Å². The second-order valence-electron chi connectivity index (χ2n) is 9.22. The molecule has 2 aliphatic carbocycles. The number of benzene rings is 1. The van der Waals surface area contributed by atoms with E-state index in [0.29, 0.717) is 31.0 Å². The Kier molecular flexibility index (Phi) is 5.29. The van der Waals surface area contributed by atoms with Crippen LogP contribution >= 0.6 is 11.3 Å². The number of fused-ring (bicyclic) bond motifs is 2. The molecule has 1 aromatic carbocycles. The standard InChI is InChI=1S/C27H25FN4OS/c1-16-31-25(26(34-16)19-5-4-18-8-10-29-24(18)12-19)27(33)32(15-17-2-3-17)11-9-20-14-30-23-7-6-21(28)13-22(20)23/h4-6,8,10,12-14,17,29H,2-3,7,9,11,15H2,1H3. The molecule has 7 heteroatoms. The average Bonchev–Trinajstić information content (AvgIpc) is 3.20. The van der Waals surface area contributed by atoms with Crippen LogP contribution in [0.25, 0.3) is 21.3 Å². The number of nitrogens with one attached hydrogen (secondary N) is 1. The van der Waals surface area contributed by atoms with E-state index in [1.807, 2.05) is 30.3 Å². The first-order chi connectivity index (χ1) is 16.5. The molecule has 1 fully saturated rings. The van der Waals surface area contributed by atoms with E-state index in [1.165, 1.54) is 0 Å². The number of H-pyrrole nitrogens is 1. The second kappa shape index (κ2) is 8.47. The molecule has 1 amide bonds. The number of aromatic nitrogens is 2. The number of allylic oxidation sites excluding steroid dienone is 4. The molecule has 2 aromatic heterocycles. The van der Waals surface area contributed by atoms with E-state index in [1.54, 1.807) is 23.5 Å². The quantitative estimate of drug-likeness (QED) is 0.435. The van der Waals surface area contributed by atoms with Crippen LogP contribution in [-0.4, -0.2) is 39.6 Å². The predicted molar refractivity (Wildman–Crippen MR) is 135 cm³/mol. The van der Waals surface area contributed by atoms with Gasteiger partial charge in [-0.25, -0.2) is 9.37 Å². The fourth-order valence-corrected chi connectivity index (χ4v) is 5.57. The number of carbonyl (C=O) groups is 1. The largest absolute Gasteiger partial charge is 0.361 e. The first-order valence-electron chi connectivity index (χ1n) is 11.7. The SMILES string of the molecule is Cc1nc(C(=O)N(CCC2=CN=C3CC=C(F)C=C23)CC2CC2)c(-c2ccc3cc[nH]c3c2)s1. The molecule has 6 rings (SSSR count). The van der Waals surface area contributed by atoms with E-state index in [0.717, 1.165) is 62.6 Å². The minimum atomic E-state index is -0.214. The first-order valence-corrected chi connectivity index (χ1v) is 12.5. The van der Waals surface area contributed by atoms with Crippen molar-refractivity contribution in [2.24, 2.45) is 10.9 Å². The van der Waals surface area contributed by atoms with Crippen molar-refractivity contribution in [3.05, 3.63) is 76.5 Å². The Balaban J connectivity index is 1.26. The molecule has 0 radical (unpaired) electrons. The van der Waals surface area contributed by atoms with Crippen molar-refractivity contribution in [3.63, 3.8) is 0 Å². The number of amides is 1. The summed E-state index contributed by atoms with van der Waals surface area (Å²) in [4.78, 5) is 29.0. The van der Waals surface area contributed by atoms with Gasteiger partial charge in [0, 0.05) is 43.0 Å². The number of nitrogens with zero attached hydrogens (tertiary/aromatic N) is 3. The average molecular weight is 473 g/mol. The van der Waals surface area contributed by atoms with Crippen LogP contribution in [0.4, 0.5) is 4.39 Å². The number of aryl methyl sites for hydroxylation is 1. The molecule has 3 aromatic rings. The van der Waals surface area contributed by atoms with Crippen LogP contribution in [-0.2, 0) is 0 Å². The van der Waals surface area contributed by atoms with E-state index >= 15 is 0 Å². The lowest BCUT2D eigenvalue weighted by atomic mass is 9.95. The molecule has 0 unspecified atom stereocenters. The van der Waals surface area contributed by atoms with Gasteiger partial charge in [0.2, 0.25) is 0 Å². The highest BCUT2D eigenvalue weighted by atomic mass is 32.1. The Bertz CT molecular complexity index is 1420. The maximum atomic E-state index is 13.8. The van der Waals surface area contributed by atoms with E-state index in [9.17, 15) is 9.18 Å². The molecule has 0 bridgehead atoms. The summed E-state index contributed by atoms with van der Waals surface area (Å²) in [6, 6.07) is 8.26. The van der Waals surface area contributed by atoms with Gasteiger partial charge in [0.15, 0.2) is 0 Å². The predicted octanol–water partition coefficient (Wildman–Crippen LogP) is 6.36. The molecular formula is C27H25FN4OS. The van der Waals surface area contributed by atoms with Gasteiger partial charge < -0.3 is 9.88 Å². The summed E-state index contributed by atoms with van der Waals surface area (Å²) >= 11 is 1.56. The zero-order chi connectivity index (χ0) is 23.2. The molecule has 0 saturated heterocycles. The summed E-state index contributed by atoms with van der Waals surface area (Å²) in [5.41, 5.74) is 5.36. The molecule has 1 aliphatic heterocycles. The minimum Gasteiger partial charge on any atom is -0.361 e. The summed E-state index contributed by atoms with van der Waals surface area (Å²) in [6.45, 7) is 3.25. The van der Waals surface area contributed by atoms with E-state index in [2.05, 4.69) is 33.2 Å². The Morgan fingerprint density at radius 3 is 3.03 bits per heavy atom. The number of aromatic amines is 1. The monoisotopic (exact) mass is 472 g/mol. The van der Waals surface area contributed by atoms with Gasteiger partial charge in [-0.2, -0.15) is 0 Å². The van der Waals surface area contributed by atoms with Crippen LogP contribution in [0.5, 0.6) is 0 Å². The van der Waals surface area contributed by atoms with Crippen molar-refractivity contribution < 1.29 is 9.18 Å². The minimum absolute atomic E-state index is 0.0266. The molecule has 0 atom stereocenters. The smallest absolute Gasteiger partial charge is 0.274 e. The van der Waals surface area contributed by atoms with Crippen molar-refractivity contribution in [2.75, 3.05) is 13.1 Å². The highest BCUT2D eigenvalue weighted by Gasteiger charge is 2.31. The molecule has 1 N–H and O–H groups in total. The number of rotatable bonds is 7. The summed E-state index contributed by atoms with van der Waals surface area (Å²) in [7, 11) is 0. The number of aliphatic imine (C=N–C) groups is 1. The molecule has 1 saturated carbocycles. The lowest BCUT2D eigenvalue weighted by Crippen LogP contribution is -2.34. The van der Waals surface area contributed by atoms with Crippen LogP contribution in [0.1, 0.15) is 41.2 Å². The van der Waals surface area contributed by atoms with Crippen molar-refractivity contribution >= 4 is 33.9 Å². The Morgan fingerprint density at radius 1 is 1.29 bits per heavy atom. The van der Waals surface area contributed by atoms with Gasteiger partial charge in [0.05, 0.1) is 15.6 Å². The number of hydrogen-bond acceptors (Lipinski definition) is 4. The van der Waals surface area contributed by atoms with Crippen LogP contribution in [0.2, 0.25) is 0 Å². The van der Waals surface area contributed by atoms with Crippen LogP contribution in [0.3, 0.4) is 0 Å². The Morgan fingerprint density at radius 2 is 2.18 bits per heavy atom. The fourth-order valence-electron chi connectivity index (χ4n) is 4.66. The number of thiazole rings is 1. The molecule has 0 spiro atoms. The Hall–Kier alpha value is -3.32. The topological polar surface area (TPSA) is 61.4 Å². The fraction of sp³-hybridized carbons (Fsp3) is 0.296. The zero-order valence-corrected chi connectivity index (χ0v) is 19.8. The third-order valence-corrected chi connectivity index (χ3v) is 7.69. The van der Waals surface area contributed by atoms with Crippen molar-refractivity contribution in [1.29, 1.82) is 0 Å². The molecule has 172 valence electrons. The highest BCUT2D eigenvalue weighted by Crippen LogP contribution is 2.35. The lowest BCUT2D eigenvalue weighted by Gasteiger charge is -2.23. The molecule has 3 heterocycles. The van der Waals surface area contributed by atoms with Crippen LogP contribution in [0, 0.1) is 12.8 Å². The maximum absolute atomic E-state index is 13.8. The maximum Gasteiger partial charge on any atom is 0.274 e. The lowest BCUT2D eigenvalue weighted by molar-refractivity contribution is 0.0745. The van der Waals surface area contributed by atoms with Gasteiger partial charge in [-0.15, -0.1) is 11.3 Å². The Labute approximate surface area is 201 Å². The summed E-state index contributed by atoms with van der Waals surface area (Å²) < 4.78 is 13.8. The number of carbonyl (C=O) groups excluding carboxylic acids is 1. The van der Waals surface area contributed by atoms with Crippen molar-refractivity contribution in [3.8, 4) is 10.4 Å². The van der Waals surface area contributed by atoms with Crippen molar-refractivity contribution in [1.82, 2.24) is 14.9 Å². The van der Waals surface area contributed by atoms with Gasteiger partial charge in [-0.1, -0.05) is 12.1 Å². The van der Waals surface area contributed by atoms with Crippen LogP contribution < -0.4 is 0 Å². The second-order valence-corrected chi connectivity index (χ2v) is 10.4. The van der Waals surface area contributed by atoms with Crippen LogP contribution in [0.15, 0.2) is 70.8 Å². The van der Waals surface area contributed by atoms with Crippen molar-refractivity contribution in [2.45, 2.75) is 32.6 Å². The van der Waals surface area contributed by atoms with Gasteiger partial charge in [0.1, 0.15) is 11.5 Å². The molecular weight excluding hydrogens is 447 g/mol. The van der Waals surface area contributed by atoms with E-state index in [-0.39, 0.29) is 11.7 Å². The third-order valence-electron chi connectivity index (χ3n) is 6.67. The first kappa shape index (κ1) is 21.2. The third kappa shape index (κ3) is 4.05. The molecule has 5 nitrogen and oxygen atoms in total. The van der Waals surface area contributed by atoms with Gasteiger partial charge in [0.25, 0.3) is 5.91 Å². The van der Waals surface area contributed by atoms with Gasteiger partial charge in [-0.3, -0.25) is 9.79 Å². The van der Waals surface area contributed by atoms with E-state index in [4.69, 9.17) is 0 Å². The molecule has 3 aliphatic rings. The summed E-state index contributed by atoms with van der Waals surface area (Å²) in [5.74, 6) is 0.316. The summed E-state index contributed by atoms with van der Waals surface area (Å²) in [5, 5.41) is 2.02. The zero-order valence-electron chi connectivity index (χ0n) is 19.0. The van der Waals surface area contributed by atoms with E-state index < -0.39 is 0 Å². The number of hydrogen-bond donors (Lipinski definition) is 1. The highest BCUT2D eigenvalue weighted by molar-refractivity contribution is 7.15. The van der Waals surface area contributed by atoms with Gasteiger partial charge >= 0.3 is 0 Å². The normalized spacial score (nSPS) is 17.2. The number of halogens is 1. The molecule has 34 heavy (non-hydrogen) atoms. The summed E-state index contributed by atoms with van der Waals surface area (Å²) in [6.07, 6.45) is 10.4.